The van der Waals surface area contributed by atoms with Gasteiger partial charge in [-0.25, -0.2) is 13.2 Å². The molecule has 1 N–H and O–H groups in total. The smallest absolute Gasteiger partial charge is 0.263 e. The average Bonchev–Trinajstić information content (AvgIpc) is 3.01. The van der Waals surface area contributed by atoms with Gasteiger partial charge in [0, 0.05) is 19.6 Å². The van der Waals surface area contributed by atoms with Gasteiger partial charge in [0.2, 0.25) is 0 Å². The van der Waals surface area contributed by atoms with Crippen molar-refractivity contribution in [1.29, 1.82) is 0 Å². The van der Waals surface area contributed by atoms with Gasteiger partial charge in [0.05, 0.1) is 11.4 Å². The number of Topliss-reactive ketones (excluding diaryl/α,β-unsaturated/α-hetero) is 1. The van der Waals surface area contributed by atoms with Gasteiger partial charge >= 0.3 is 0 Å². The molecule has 2 aromatic rings. The Bertz CT molecular complexity index is 1050. The quantitative estimate of drug-likeness (QED) is 0.754. The first-order valence-corrected chi connectivity index (χ1v) is 9.37. The van der Waals surface area contributed by atoms with Crippen LogP contribution in [0.4, 0.5) is 30.2 Å². The molecular formula is C21H18F3N3O3. The molecule has 2 aromatic carbocycles. The van der Waals surface area contributed by atoms with Crippen molar-refractivity contribution in [3.05, 3.63) is 65.2 Å². The number of nitrogens with zero attached hydrogens (tertiary/aromatic N) is 2. The Morgan fingerprint density at radius 2 is 1.87 bits per heavy atom. The third kappa shape index (κ3) is 3.30. The van der Waals surface area contributed by atoms with Crippen molar-refractivity contribution in [1.82, 2.24) is 0 Å². The highest BCUT2D eigenvalue weighted by molar-refractivity contribution is 6.25. The number of anilines is 3. The summed E-state index contributed by atoms with van der Waals surface area (Å²) in [6.07, 6.45) is 0.0191. The Labute approximate surface area is 170 Å². The molecule has 0 bridgehead atoms. The maximum Gasteiger partial charge on any atom is 0.263 e. The van der Waals surface area contributed by atoms with E-state index in [4.69, 9.17) is 4.74 Å². The highest BCUT2D eigenvalue weighted by Crippen LogP contribution is 2.45. The molecule has 1 amide bonds. The summed E-state index contributed by atoms with van der Waals surface area (Å²) in [5.41, 5.74) is 0.148. The van der Waals surface area contributed by atoms with Gasteiger partial charge in [0.25, 0.3) is 5.91 Å². The van der Waals surface area contributed by atoms with Gasteiger partial charge < -0.3 is 19.9 Å². The number of nitrogens with one attached hydrogen (secondary N) is 1. The maximum atomic E-state index is 14.0. The van der Waals surface area contributed by atoms with E-state index in [1.807, 2.05) is 0 Å². The van der Waals surface area contributed by atoms with Crippen molar-refractivity contribution in [3.8, 4) is 0 Å². The largest absolute Gasteiger partial charge is 0.361 e. The number of hydrogen-bond acceptors (Lipinski definition) is 5. The molecule has 2 aliphatic heterocycles. The normalized spacial score (nSPS) is 15.4. The summed E-state index contributed by atoms with van der Waals surface area (Å²) in [4.78, 5) is 28.9. The number of hydrogen-bond donors (Lipinski definition) is 1. The second-order valence-electron chi connectivity index (χ2n) is 6.76. The number of benzene rings is 2. The monoisotopic (exact) mass is 417 g/mol. The van der Waals surface area contributed by atoms with E-state index in [9.17, 15) is 22.8 Å². The molecule has 0 aromatic heterocycles. The Morgan fingerprint density at radius 3 is 2.57 bits per heavy atom. The molecule has 30 heavy (non-hydrogen) atoms. The number of ether oxygens (including phenoxy) is 1. The van der Waals surface area contributed by atoms with Gasteiger partial charge in [-0.05, 0) is 37.3 Å². The van der Waals surface area contributed by atoms with Gasteiger partial charge in [0.1, 0.15) is 41.3 Å². The van der Waals surface area contributed by atoms with Crippen LogP contribution in [0.15, 0.2) is 47.8 Å². The number of halogens is 3. The minimum Gasteiger partial charge on any atom is -0.361 e. The Kier molecular flexibility index (Phi) is 5.21. The van der Waals surface area contributed by atoms with Crippen LogP contribution in [0, 0.1) is 17.5 Å². The molecule has 0 saturated carbocycles. The number of carbonyl (C=O) groups excluding carboxylic acids is 2. The van der Waals surface area contributed by atoms with Gasteiger partial charge in [-0.1, -0.05) is 6.07 Å². The Hall–Kier alpha value is -3.33. The van der Waals surface area contributed by atoms with Crippen LogP contribution in [0.25, 0.3) is 0 Å². The van der Waals surface area contributed by atoms with Gasteiger partial charge in [-0.3, -0.25) is 9.59 Å². The van der Waals surface area contributed by atoms with E-state index in [-0.39, 0.29) is 31.1 Å². The fraction of sp³-hybridized carbons (Fsp3) is 0.238. The van der Waals surface area contributed by atoms with Crippen LogP contribution in [0.3, 0.4) is 0 Å². The zero-order chi connectivity index (χ0) is 21.4. The van der Waals surface area contributed by atoms with Crippen molar-refractivity contribution in [2.75, 3.05) is 35.0 Å². The number of fused-ring (bicyclic) bond motifs is 3. The first kappa shape index (κ1) is 20.0. The fourth-order valence-electron chi connectivity index (χ4n) is 3.61. The topological polar surface area (TPSA) is 61.9 Å². The van der Waals surface area contributed by atoms with Crippen LogP contribution in [0.5, 0.6) is 0 Å². The molecule has 2 aliphatic rings. The van der Waals surface area contributed by atoms with Crippen LogP contribution in [0.1, 0.15) is 13.3 Å². The molecule has 0 saturated heterocycles. The number of carbonyl (C=O) groups is 2. The molecule has 0 radical (unpaired) electrons. The summed E-state index contributed by atoms with van der Waals surface area (Å²) in [5.74, 6) is -3.63. The predicted octanol–water partition coefficient (Wildman–Crippen LogP) is 3.55. The lowest BCUT2D eigenvalue weighted by Gasteiger charge is -2.30. The van der Waals surface area contributed by atoms with Crippen LogP contribution >= 0.6 is 0 Å². The zero-order valence-corrected chi connectivity index (χ0v) is 16.0. The Balaban J connectivity index is 1.81. The SMILES string of the molecule is CCOCN1C2=C(C(=O)Nc3c(F)cccc3F)C(=O)CCN2c2ccc(F)cc21. The predicted molar refractivity (Wildman–Crippen MR) is 104 cm³/mol. The van der Waals surface area contributed by atoms with Crippen LogP contribution in [-0.2, 0) is 14.3 Å². The van der Waals surface area contributed by atoms with Crippen molar-refractivity contribution in [2.45, 2.75) is 13.3 Å². The summed E-state index contributed by atoms with van der Waals surface area (Å²) in [5, 5.41) is 2.17. The molecular weight excluding hydrogens is 399 g/mol. The molecule has 0 atom stereocenters. The zero-order valence-electron chi connectivity index (χ0n) is 16.0. The lowest BCUT2D eigenvalue weighted by molar-refractivity contribution is -0.120. The number of para-hydroxylation sites is 1. The average molecular weight is 417 g/mol. The molecule has 0 unspecified atom stereocenters. The van der Waals surface area contributed by atoms with E-state index < -0.39 is 34.8 Å². The fourth-order valence-corrected chi connectivity index (χ4v) is 3.61. The molecule has 0 aliphatic carbocycles. The first-order valence-electron chi connectivity index (χ1n) is 9.37. The van der Waals surface area contributed by atoms with Crippen LogP contribution in [0.2, 0.25) is 0 Å². The molecule has 156 valence electrons. The van der Waals surface area contributed by atoms with E-state index in [0.717, 1.165) is 12.1 Å². The third-order valence-electron chi connectivity index (χ3n) is 4.95. The highest BCUT2D eigenvalue weighted by atomic mass is 19.1. The molecule has 9 heteroatoms. The molecule has 6 nitrogen and oxygen atoms in total. The molecule has 0 fully saturated rings. The third-order valence-corrected chi connectivity index (χ3v) is 4.95. The van der Waals surface area contributed by atoms with E-state index in [0.29, 0.717) is 18.0 Å². The number of amides is 1. The van der Waals surface area contributed by atoms with Crippen LogP contribution in [-0.4, -0.2) is 31.6 Å². The minimum atomic E-state index is -0.961. The van der Waals surface area contributed by atoms with Gasteiger partial charge in [0.15, 0.2) is 5.78 Å². The second kappa shape index (κ2) is 7.83. The summed E-state index contributed by atoms with van der Waals surface area (Å²) in [6, 6.07) is 7.30. The first-order chi connectivity index (χ1) is 14.4. The van der Waals surface area contributed by atoms with Gasteiger partial charge in [-0.15, -0.1) is 0 Å². The maximum absolute atomic E-state index is 14.0. The van der Waals surface area contributed by atoms with Crippen molar-refractivity contribution >= 4 is 28.8 Å². The lowest BCUT2D eigenvalue weighted by Crippen LogP contribution is -2.41. The molecule has 0 spiro atoms. The number of ketones is 1. The Morgan fingerprint density at radius 1 is 1.13 bits per heavy atom. The van der Waals surface area contributed by atoms with Crippen molar-refractivity contribution < 1.29 is 27.5 Å². The van der Waals surface area contributed by atoms with Crippen molar-refractivity contribution in [2.24, 2.45) is 0 Å². The highest BCUT2D eigenvalue weighted by Gasteiger charge is 2.41. The van der Waals surface area contributed by atoms with E-state index in [1.54, 1.807) is 17.9 Å². The summed E-state index contributed by atoms with van der Waals surface area (Å²) in [7, 11) is 0. The van der Waals surface area contributed by atoms with E-state index in [2.05, 4.69) is 5.32 Å². The summed E-state index contributed by atoms with van der Waals surface area (Å²) < 4.78 is 47.4. The molecule has 2 heterocycles. The van der Waals surface area contributed by atoms with E-state index in [1.165, 1.54) is 23.1 Å². The van der Waals surface area contributed by atoms with Crippen LogP contribution < -0.4 is 15.1 Å². The minimum absolute atomic E-state index is 0.0191. The van der Waals surface area contributed by atoms with E-state index >= 15 is 0 Å². The molecule has 4 rings (SSSR count). The number of rotatable bonds is 5. The van der Waals surface area contributed by atoms with Gasteiger partial charge in [-0.2, -0.15) is 0 Å². The summed E-state index contributed by atoms with van der Waals surface area (Å²) >= 11 is 0. The standard InChI is InChI=1S/C21H18F3N3O3/c1-2-30-11-27-16-10-12(22)6-7-15(16)26-9-8-17(28)18(21(26)27)20(29)25-19-13(23)4-3-5-14(19)24/h3-7,10H,2,8-9,11H2,1H3,(H,25,29). The lowest BCUT2D eigenvalue weighted by atomic mass is 10.0. The summed E-state index contributed by atoms with van der Waals surface area (Å²) in [6.45, 7) is 2.37. The van der Waals surface area contributed by atoms with Crippen molar-refractivity contribution in [3.63, 3.8) is 0 Å². The second-order valence-corrected chi connectivity index (χ2v) is 6.76.